The third kappa shape index (κ3) is 4.20. The van der Waals surface area contributed by atoms with E-state index in [1.807, 2.05) is 25.1 Å². The highest BCUT2D eigenvalue weighted by Gasteiger charge is 2.13. The van der Waals surface area contributed by atoms with Crippen LogP contribution in [0.2, 0.25) is 0 Å². The van der Waals surface area contributed by atoms with Crippen molar-refractivity contribution in [2.45, 2.75) is 6.92 Å². The molecular formula is C21H16N6O3. The first-order valence-corrected chi connectivity index (χ1v) is 8.98. The topological polar surface area (TPSA) is 122 Å². The van der Waals surface area contributed by atoms with Crippen molar-refractivity contribution in [1.82, 2.24) is 15.0 Å². The number of carbonyl (C=O) groups is 1. The van der Waals surface area contributed by atoms with Gasteiger partial charge in [0.2, 0.25) is 5.95 Å². The Morgan fingerprint density at radius 3 is 2.77 bits per heavy atom. The Balaban J connectivity index is 1.54. The van der Waals surface area contributed by atoms with E-state index in [-0.39, 0.29) is 11.6 Å². The van der Waals surface area contributed by atoms with Crippen LogP contribution in [-0.2, 0) is 0 Å². The number of furan rings is 1. The minimum Gasteiger partial charge on any atom is -0.430 e. The molecule has 0 unspecified atom stereocenters. The Morgan fingerprint density at radius 2 is 2.00 bits per heavy atom. The van der Waals surface area contributed by atoms with E-state index in [0.29, 0.717) is 11.6 Å². The number of aromatic nitrogens is 3. The minimum absolute atomic E-state index is 0.00723. The highest BCUT2D eigenvalue weighted by Crippen LogP contribution is 2.25. The van der Waals surface area contributed by atoms with Gasteiger partial charge in [-0.05, 0) is 48.9 Å². The minimum atomic E-state index is -0.491. The molecule has 4 rings (SSSR count). The maximum Gasteiger partial charge on any atom is 0.291 e. The number of hydrogen-bond donors (Lipinski definition) is 2. The van der Waals surface area contributed by atoms with Crippen molar-refractivity contribution in [2.75, 3.05) is 10.6 Å². The second kappa shape index (κ2) is 8.31. The summed E-state index contributed by atoms with van der Waals surface area (Å²) < 4.78 is 5.04. The van der Waals surface area contributed by atoms with Gasteiger partial charge in [0, 0.05) is 46.8 Å². The van der Waals surface area contributed by atoms with Gasteiger partial charge >= 0.3 is 0 Å². The molecule has 2 N–H and O–H groups in total. The first kappa shape index (κ1) is 18.9. The van der Waals surface area contributed by atoms with E-state index in [1.165, 1.54) is 12.1 Å². The molecule has 0 bridgehead atoms. The van der Waals surface area contributed by atoms with E-state index in [4.69, 9.17) is 4.42 Å². The van der Waals surface area contributed by atoms with Crippen LogP contribution >= 0.6 is 0 Å². The van der Waals surface area contributed by atoms with E-state index in [2.05, 4.69) is 30.8 Å². The molecule has 0 spiro atoms. The lowest BCUT2D eigenvalue weighted by atomic mass is 10.1. The summed E-state index contributed by atoms with van der Waals surface area (Å²) in [6.45, 7) is 1.92. The lowest BCUT2D eigenvalue weighted by Crippen LogP contribution is -2.11. The van der Waals surface area contributed by atoms with Crippen molar-refractivity contribution < 1.29 is 9.21 Å². The van der Waals surface area contributed by atoms with Gasteiger partial charge in [-0.3, -0.25) is 9.78 Å². The zero-order chi connectivity index (χ0) is 20.9. The SMILES string of the molecule is Cc1ccc(NC(=O)c2ccc(N=O)o2)cc1Nc1nccc(-c2cccnc2)n1. The third-order valence-corrected chi connectivity index (χ3v) is 4.26. The van der Waals surface area contributed by atoms with Crippen molar-refractivity contribution in [3.8, 4) is 11.3 Å². The molecule has 0 radical (unpaired) electrons. The summed E-state index contributed by atoms with van der Waals surface area (Å²) >= 11 is 0. The Kier molecular flexibility index (Phi) is 5.25. The van der Waals surface area contributed by atoms with Crippen LogP contribution < -0.4 is 10.6 Å². The first-order chi connectivity index (χ1) is 14.6. The van der Waals surface area contributed by atoms with Crippen LogP contribution in [0.4, 0.5) is 23.2 Å². The van der Waals surface area contributed by atoms with E-state index in [9.17, 15) is 9.70 Å². The van der Waals surface area contributed by atoms with Crippen LogP contribution in [0.3, 0.4) is 0 Å². The molecule has 0 aliphatic carbocycles. The fourth-order valence-corrected chi connectivity index (χ4v) is 2.74. The smallest absolute Gasteiger partial charge is 0.291 e. The summed E-state index contributed by atoms with van der Waals surface area (Å²) in [7, 11) is 0. The highest BCUT2D eigenvalue weighted by molar-refractivity contribution is 6.02. The maximum absolute atomic E-state index is 12.3. The molecule has 1 aromatic carbocycles. The molecular weight excluding hydrogens is 384 g/mol. The van der Waals surface area contributed by atoms with Gasteiger partial charge in [0.25, 0.3) is 11.8 Å². The summed E-state index contributed by atoms with van der Waals surface area (Å²) in [5, 5.41) is 8.55. The highest BCUT2D eigenvalue weighted by atomic mass is 16.4. The first-order valence-electron chi connectivity index (χ1n) is 8.98. The normalized spacial score (nSPS) is 10.4. The Bertz CT molecular complexity index is 1210. The maximum atomic E-state index is 12.3. The molecule has 0 aliphatic heterocycles. The molecule has 0 saturated heterocycles. The molecule has 0 fully saturated rings. The van der Waals surface area contributed by atoms with Gasteiger partial charge in [0.15, 0.2) is 5.76 Å². The van der Waals surface area contributed by atoms with Crippen molar-refractivity contribution in [1.29, 1.82) is 0 Å². The molecule has 9 heteroatoms. The largest absolute Gasteiger partial charge is 0.430 e. The van der Waals surface area contributed by atoms with Gasteiger partial charge in [-0.25, -0.2) is 9.97 Å². The van der Waals surface area contributed by atoms with Crippen molar-refractivity contribution in [3.63, 3.8) is 0 Å². The fourth-order valence-electron chi connectivity index (χ4n) is 2.74. The number of aryl methyl sites for hydroxylation is 1. The number of carbonyl (C=O) groups excluding carboxylic acids is 1. The molecule has 0 saturated carbocycles. The van der Waals surface area contributed by atoms with Crippen molar-refractivity contribution >= 4 is 29.1 Å². The van der Waals surface area contributed by atoms with Gasteiger partial charge in [0.05, 0.1) is 5.69 Å². The zero-order valence-corrected chi connectivity index (χ0v) is 15.9. The summed E-state index contributed by atoms with van der Waals surface area (Å²) in [5.74, 6) is -0.241. The number of anilines is 3. The quantitative estimate of drug-likeness (QED) is 0.444. The average molecular weight is 400 g/mol. The monoisotopic (exact) mass is 400 g/mol. The van der Waals surface area contributed by atoms with E-state index in [0.717, 1.165) is 22.5 Å². The standard InChI is InChI=1S/C21H16N6O3/c1-13-4-5-15(24-20(28)18-6-7-19(27-29)30-18)11-17(13)26-21-23-10-8-16(25-21)14-3-2-9-22-12-14/h2-12H,1H3,(H,24,28)(H,23,25,26). The molecule has 0 atom stereocenters. The predicted molar refractivity (Wildman–Crippen MR) is 112 cm³/mol. The van der Waals surface area contributed by atoms with Crippen LogP contribution in [0.1, 0.15) is 16.1 Å². The third-order valence-electron chi connectivity index (χ3n) is 4.26. The lowest BCUT2D eigenvalue weighted by molar-refractivity contribution is 0.0997. The Hall–Kier alpha value is -4.40. The van der Waals surface area contributed by atoms with Crippen LogP contribution in [0.15, 0.2) is 76.7 Å². The van der Waals surface area contributed by atoms with Gasteiger partial charge in [-0.15, -0.1) is 4.91 Å². The van der Waals surface area contributed by atoms with Crippen molar-refractivity contribution in [3.05, 3.63) is 83.4 Å². The number of pyridine rings is 1. The van der Waals surface area contributed by atoms with Crippen molar-refractivity contribution in [2.24, 2.45) is 5.18 Å². The number of benzene rings is 1. The molecule has 4 aromatic rings. The average Bonchev–Trinajstić information content (AvgIpc) is 3.26. The van der Waals surface area contributed by atoms with E-state index in [1.54, 1.807) is 36.8 Å². The molecule has 3 heterocycles. The number of amides is 1. The van der Waals surface area contributed by atoms with Crippen LogP contribution in [0.25, 0.3) is 11.3 Å². The summed E-state index contributed by atoms with van der Waals surface area (Å²) in [5.41, 5.74) is 3.82. The number of rotatable bonds is 6. The molecule has 1 amide bonds. The summed E-state index contributed by atoms with van der Waals surface area (Å²) in [6.07, 6.45) is 5.09. The lowest BCUT2D eigenvalue weighted by Gasteiger charge is -2.11. The molecule has 30 heavy (non-hydrogen) atoms. The number of nitroso groups, excluding NO2 is 1. The van der Waals surface area contributed by atoms with Gasteiger partial charge < -0.3 is 15.1 Å². The van der Waals surface area contributed by atoms with Crippen LogP contribution in [0.5, 0.6) is 0 Å². The second-order valence-corrected chi connectivity index (χ2v) is 6.35. The predicted octanol–water partition coefficient (Wildman–Crippen LogP) is 4.83. The summed E-state index contributed by atoms with van der Waals surface area (Å²) in [4.78, 5) is 35.7. The van der Waals surface area contributed by atoms with Gasteiger partial charge in [-0.2, -0.15) is 0 Å². The summed E-state index contributed by atoms with van der Waals surface area (Å²) in [6, 6.07) is 13.6. The molecule has 9 nitrogen and oxygen atoms in total. The fraction of sp³-hybridized carbons (Fsp3) is 0.0476. The van der Waals surface area contributed by atoms with Crippen LogP contribution in [-0.4, -0.2) is 20.9 Å². The molecule has 3 aromatic heterocycles. The molecule has 0 aliphatic rings. The molecule has 148 valence electrons. The second-order valence-electron chi connectivity index (χ2n) is 6.35. The zero-order valence-electron chi connectivity index (χ0n) is 15.9. The van der Waals surface area contributed by atoms with Gasteiger partial charge in [-0.1, -0.05) is 6.07 Å². The Labute approximate surface area is 171 Å². The van der Waals surface area contributed by atoms with Gasteiger partial charge in [0.1, 0.15) is 0 Å². The number of nitrogens with one attached hydrogen (secondary N) is 2. The van der Waals surface area contributed by atoms with Crippen LogP contribution in [0, 0.1) is 11.8 Å². The number of nitrogens with zero attached hydrogens (tertiary/aromatic N) is 4. The van der Waals surface area contributed by atoms with E-state index >= 15 is 0 Å². The number of hydrogen-bond acceptors (Lipinski definition) is 8. The van der Waals surface area contributed by atoms with E-state index < -0.39 is 5.91 Å². The Morgan fingerprint density at radius 1 is 1.10 bits per heavy atom.